The third-order valence-corrected chi connectivity index (χ3v) is 5.12. The predicted molar refractivity (Wildman–Crippen MR) is 115 cm³/mol. The summed E-state index contributed by atoms with van der Waals surface area (Å²) in [6, 6.07) is 16.9. The lowest BCUT2D eigenvalue weighted by Crippen LogP contribution is -2.33. The summed E-state index contributed by atoms with van der Waals surface area (Å²) in [6.07, 6.45) is 0. The number of rotatable bonds is 9. The van der Waals surface area contributed by atoms with E-state index >= 15 is 0 Å². The fourth-order valence-corrected chi connectivity index (χ4v) is 3.64. The topological polar surface area (TPSA) is 51.7 Å². The summed E-state index contributed by atoms with van der Waals surface area (Å²) in [5.41, 5.74) is 1.49. The summed E-state index contributed by atoms with van der Waals surface area (Å²) >= 11 is 1.55. The van der Waals surface area contributed by atoms with Crippen LogP contribution < -0.4 is 9.47 Å². The van der Waals surface area contributed by atoms with Crippen LogP contribution in [-0.4, -0.2) is 29.4 Å². The van der Waals surface area contributed by atoms with E-state index in [-0.39, 0.29) is 5.91 Å². The first-order chi connectivity index (χ1) is 14.0. The molecule has 0 aliphatic heterocycles. The highest BCUT2D eigenvalue weighted by Gasteiger charge is 2.19. The first-order valence-corrected chi connectivity index (χ1v) is 10.5. The van der Waals surface area contributed by atoms with Crippen LogP contribution >= 0.6 is 11.3 Å². The first kappa shape index (κ1) is 20.9. The fourth-order valence-electron chi connectivity index (χ4n) is 2.94. The molecular weight excluding hydrogens is 384 g/mol. The SMILES string of the molecule is COc1cccc(C(=O)N(Cc2csc(COc3ccccc3)n2)CC(C)C)c1. The van der Waals surface area contributed by atoms with Crippen LogP contribution in [0.25, 0.3) is 0 Å². The van der Waals surface area contributed by atoms with E-state index in [1.165, 1.54) is 0 Å². The summed E-state index contributed by atoms with van der Waals surface area (Å²) in [5.74, 6) is 1.82. The van der Waals surface area contributed by atoms with Crippen LogP contribution in [0.4, 0.5) is 0 Å². The third-order valence-electron chi connectivity index (χ3n) is 4.25. The lowest BCUT2D eigenvalue weighted by Gasteiger charge is -2.24. The van der Waals surface area contributed by atoms with Crippen LogP contribution in [0, 0.1) is 5.92 Å². The van der Waals surface area contributed by atoms with Crippen molar-refractivity contribution in [3.63, 3.8) is 0 Å². The van der Waals surface area contributed by atoms with Crippen LogP contribution in [0.15, 0.2) is 60.0 Å². The molecule has 0 spiro atoms. The summed E-state index contributed by atoms with van der Waals surface area (Å²) in [4.78, 5) is 19.6. The monoisotopic (exact) mass is 410 g/mol. The molecule has 0 radical (unpaired) electrons. The zero-order valence-corrected chi connectivity index (χ0v) is 17.8. The molecule has 0 aliphatic carbocycles. The molecule has 3 aromatic rings. The van der Waals surface area contributed by atoms with Crippen molar-refractivity contribution in [1.29, 1.82) is 0 Å². The Hall–Kier alpha value is -2.86. The van der Waals surface area contributed by atoms with Crippen molar-refractivity contribution in [1.82, 2.24) is 9.88 Å². The van der Waals surface area contributed by atoms with E-state index in [1.807, 2.05) is 58.8 Å². The van der Waals surface area contributed by atoms with Crippen molar-refractivity contribution in [2.75, 3.05) is 13.7 Å². The molecule has 5 nitrogen and oxygen atoms in total. The molecule has 0 saturated heterocycles. The Kier molecular flexibility index (Phi) is 7.25. The van der Waals surface area contributed by atoms with Crippen LogP contribution in [0.1, 0.15) is 34.9 Å². The van der Waals surface area contributed by atoms with E-state index in [1.54, 1.807) is 24.5 Å². The minimum absolute atomic E-state index is 0.0207. The first-order valence-electron chi connectivity index (χ1n) is 9.59. The molecular formula is C23H26N2O3S. The second-order valence-corrected chi connectivity index (χ2v) is 8.09. The highest BCUT2D eigenvalue weighted by atomic mass is 32.1. The number of hydrogen-bond acceptors (Lipinski definition) is 5. The molecule has 3 rings (SSSR count). The van der Waals surface area contributed by atoms with Crippen molar-refractivity contribution in [3.8, 4) is 11.5 Å². The molecule has 29 heavy (non-hydrogen) atoms. The van der Waals surface area contributed by atoms with Gasteiger partial charge in [0.05, 0.1) is 19.3 Å². The van der Waals surface area contributed by atoms with Gasteiger partial charge in [-0.15, -0.1) is 11.3 Å². The smallest absolute Gasteiger partial charge is 0.254 e. The number of carbonyl (C=O) groups excluding carboxylic acids is 1. The molecule has 0 aliphatic rings. The number of methoxy groups -OCH3 is 1. The van der Waals surface area contributed by atoms with Gasteiger partial charge in [-0.2, -0.15) is 0 Å². The highest BCUT2D eigenvalue weighted by Crippen LogP contribution is 2.19. The number of amides is 1. The molecule has 6 heteroatoms. The summed E-state index contributed by atoms with van der Waals surface area (Å²) < 4.78 is 11.0. The van der Waals surface area contributed by atoms with Crippen molar-refractivity contribution in [2.45, 2.75) is 27.0 Å². The van der Waals surface area contributed by atoms with Gasteiger partial charge in [-0.1, -0.05) is 38.1 Å². The molecule has 152 valence electrons. The predicted octanol–water partition coefficient (Wildman–Crippen LogP) is 5.03. The molecule has 0 bridgehead atoms. The number of hydrogen-bond donors (Lipinski definition) is 0. The lowest BCUT2D eigenvalue weighted by atomic mass is 10.1. The van der Waals surface area contributed by atoms with Crippen LogP contribution in [0.3, 0.4) is 0 Å². The van der Waals surface area contributed by atoms with Gasteiger partial charge < -0.3 is 14.4 Å². The van der Waals surface area contributed by atoms with Crippen LogP contribution in [-0.2, 0) is 13.2 Å². The van der Waals surface area contributed by atoms with Gasteiger partial charge in [0.25, 0.3) is 5.91 Å². The number of carbonyl (C=O) groups is 1. The molecule has 0 N–H and O–H groups in total. The van der Waals surface area contributed by atoms with Gasteiger partial charge in [0, 0.05) is 17.5 Å². The van der Waals surface area contributed by atoms with Gasteiger partial charge in [0.2, 0.25) is 0 Å². The lowest BCUT2D eigenvalue weighted by molar-refractivity contribution is 0.0720. The Balaban J connectivity index is 1.68. The average Bonchev–Trinajstić information content (AvgIpc) is 3.19. The van der Waals surface area contributed by atoms with E-state index in [4.69, 9.17) is 9.47 Å². The minimum atomic E-state index is -0.0207. The summed E-state index contributed by atoms with van der Waals surface area (Å²) in [6.45, 7) is 5.75. The molecule has 2 aromatic carbocycles. The second kappa shape index (κ2) is 10.1. The van der Waals surface area contributed by atoms with Crippen molar-refractivity contribution < 1.29 is 14.3 Å². The van der Waals surface area contributed by atoms with Crippen LogP contribution in [0.5, 0.6) is 11.5 Å². The van der Waals surface area contributed by atoms with E-state index in [0.717, 1.165) is 16.5 Å². The maximum atomic E-state index is 13.1. The van der Waals surface area contributed by atoms with Crippen molar-refractivity contribution >= 4 is 17.2 Å². The van der Waals surface area contributed by atoms with Gasteiger partial charge in [0.1, 0.15) is 23.1 Å². The Bertz CT molecular complexity index is 925. The zero-order chi connectivity index (χ0) is 20.6. The average molecular weight is 411 g/mol. The van der Waals surface area contributed by atoms with Gasteiger partial charge in [-0.25, -0.2) is 4.98 Å². The van der Waals surface area contributed by atoms with E-state index in [9.17, 15) is 4.79 Å². The quantitative estimate of drug-likeness (QED) is 0.496. The van der Waals surface area contributed by atoms with Gasteiger partial charge >= 0.3 is 0 Å². The largest absolute Gasteiger partial charge is 0.497 e. The van der Waals surface area contributed by atoms with E-state index < -0.39 is 0 Å². The maximum Gasteiger partial charge on any atom is 0.254 e. The van der Waals surface area contributed by atoms with Crippen molar-refractivity contribution in [2.24, 2.45) is 5.92 Å². The molecule has 0 saturated carbocycles. The summed E-state index contributed by atoms with van der Waals surface area (Å²) in [7, 11) is 1.60. The standard InChI is InChI=1S/C23H26N2O3S/c1-17(2)13-25(23(26)18-8-7-11-21(12-18)27-3)14-19-16-29-22(24-19)15-28-20-9-5-4-6-10-20/h4-12,16-17H,13-15H2,1-3H3. The minimum Gasteiger partial charge on any atom is -0.497 e. The molecule has 0 atom stereocenters. The third kappa shape index (κ3) is 6.06. The second-order valence-electron chi connectivity index (χ2n) is 7.15. The van der Waals surface area contributed by atoms with E-state index in [2.05, 4.69) is 18.8 Å². The Morgan fingerprint density at radius 2 is 1.86 bits per heavy atom. The molecule has 1 amide bonds. The van der Waals surface area contributed by atoms with E-state index in [0.29, 0.717) is 36.9 Å². The number of benzene rings is 2. The maximum absolute atomic E-state index is 13.1. The molecule has 0 fully saturated rings. The van der Waals surface area contributed by atoms with Crippen molar-refractivity contribution in [3.05, 3.63) is 76.2 Å². The summed E-state index contributed by atoms with van der Waals surface area (Å²) in [5, 5.41) is 2.89. The Labute approximate surface area is 175 Å². The molecule has 1 heterocycles. The highest BCUT2D eigenvalue weighted by molar-refractivity contribution is 7.09. The molecule has 1 aromatic heterocycles. The normalized spacial score (nSPS) is 10.8. The number of aromatic nitrogens is 1. The fraction of sp³-hybridized carbons (Fsp3) is 0.304. The van der Waals surface area contributed by atoms with Gasteiger partial charge in [-0.3, -0.25) is 4.79 Å². The Morgan fingerprint density at radius 3 is 2.59 bits per heavy atom. The number of para-hydroxylation sites is 1. The molecule has 0 unspecified atom stereocenters. The number of thiazole rings is 1. The van der Waals surface area contributed by atoms with Gasteiger partial charge in [0.15, 0.2) is 0 Å². The van der Waals surface area contributed by atoms with Crippen LogP contribution in [0.2, 0.25) is 0 Å². The number of nitrogens with zero attached hydrogens (tertiary/aromatic N) is 2. The van der Waals surface area contributed by atoms with Gasteiger partial charge in [-0.05, 0) is 36.2 Å². The Morgan fingerprint density at radius 1 is 1.10 bits per heavy atom. The zero-order valence-electron chi connectivity index (χ0n) is 17.0. The number of ether oxygens (including phenoxy) is 2.